The van der Waals surface area contributed by atoms with Gasteiger partial charge >= 0.3 is 5.97 Å². The molecule has 0 radical (unpaired) electrons. The fourth-order valence-electron chi connectivity index (χ4n) is 4.65. The molecule has 0 aromatic heterocycles. The van der Waals surface area contributed by atoms with E-state index in [1.807, 2.05) is 32.6 Å². The molecule has 1 aromatic rings. The number of ether oxygens (including phenoxy) is 1. The van der Waals surface area contributed by atoms with Gasteiger partial charge in [0.2, 0.25) is 11.8 Å². The molecular formula is C25H32N4O7. The molecular weight excluding hydrogens is 468 g/mol. The lowest BCUT2D eigenvalue weighted by molar-refractivity contribution is -0.163. The SMILES string of the molecule is CCN(CC)C(C(=O)NCC(=O)OCN1C(=O)CC[C@H](N2C(=O)c3ccccc3C2=O)C1=O)C(C)C. The molecule has 2 atom stereocenters. The summed E-state index contributed by atoms with van der Waals surface area (Å²) in [5.74, 6) is -3.70. The molecule has 0 aliphatic carbocycles. The smallest absolute Gasteiger partial charge is 0.327 e. The van der Waals surface area contributed by atoms with Crippen LogP contribution in [0.4, 0.5) is 0 Å². The van der Waals surface area contributed by atoms with Gasteiger partial charge in [0.25, 0.3) is 17.7 Å². The molecule has 0 bridgehead atoms. The summed E-state index contributed by atoms with van der Waals surface area (Å²) in [6.45, 7) is 7.97. The van der Waals surface area contributed by atoms with Crippen LogP contribution in [0.25, 0.3) is 0 Å². The molecule has 2 aliphatic rings. The number of fused-ring (bicyclic) bond motifs is 1. The van der Waals surface area contributed by atoms with Gasteiger partial charge in [0.05, 0.1) is 17.2 Å². The Balaban J connectivity index is 1.59. The van der Waals surface area contributed by atoms with Gasteiger partial charge in [-0.1, -0.05) is 39.8 Å². The second kappa shape index (κ2) is 11.4. The Morgan fingerprint density at radius 3 is 2.17 bits per heavy atom. The van der Waals surface area contributed by atoms with E-state index in [2.05, 4.69) is 5.32 Å². The van der Waals surface area contributed by atoms with E-state index in [9.17, 15) is 28.8 Å². The third kappa shape index (κ3) is 5.30. The van der Waals surface area contributed by atoms with Crippen LogP contribution in [0.3, 0.4) is 0 Å². The van der Waals surface area contributed by atoms with E-state index in [0.717, 1.165) is 9.80 Å². The predicted molar refractivity (Wildman–Crippen MR) is 127 cm³/mol. The van der Waals surface area contributed by atoms with Crippen molar-refractivity contribution in [3.63, 3.8) is 0 Å². The number of hydrogen-bond donors (Lipinski definition) is 1. The Morgan fingerprint density at radius 1 is 1.06 bits per heavy atom. The molecule has 0 saturated carbocycles. The number of rotatable bonds is 10. The summed E-state index contributed by atoms with van der Waals surface area (Å²) < 4.78 is 5.08. The van der Waals surface area contributed by atoms with Crippen LogP contribution in [0, 0.1) is 5.92 Å². The van der Waals surface area contributed by atoms with Gasteiger partial charge < -0.3 is 10.1 Å². The third-order valence-electron chi connectivity index (χ3n) is 6.49. The molecule has 2 aliphatic heterocycles. The molecule has 11 nitrogen and oxygen atoms in total. The van der Waals surface area contributed by atoms with Gasteiger partial charge in [0.15, 0.2) is 6.73 Å². The maximum absolute atomic E-state index is 13.0. The second-order valence-corrected chi connectivity index (χ2v) is 9.01. The van der Waals surface area contributed by atoms with E-state index < -0.39 is 55.0 Å². The van der Waals surface area contributed by atoms with Crippen molar-refractivity contribution in [3.8, 4) is 0 Å². The molecule has 1 fully saturated rings. The van der Waals surface area contributed by atoms with Crippen LogP contribution in [-0.2, 0) is 23.9 Å². The highest BCUT2D eigenvalue weighted by molar-refractivity contribution is 6.23. The number of nitrogens with zero attached hydrogens (tertiary/aromatic N) is 3. The molecule has 5 amide bonds. The minimum atomic E-state index is -1.17. The average Bonchev–Trinajstić information content (AvgIpc) is 3.10. The molecule has 0 spiro atoms. The monoisotopic (exact) mass is 500 g/mol. The Bertz CT molecular complexity index is 1030. The average molecular weight is 501 g/mol. The first-order valence-corrected chi connectivity index (χ1v) is 12.1. The fourth-order valence-corrected chi connectivity index (χ4v) is 4.65. The minimum absolute atomic E-state index is 0.00835. The van der Waals surface area contributed by atoms with E-state index in [1.54, 1.807) is 12.1 Å². The van der Waals surface area contributed by atoms with Gasteiger partial charge in [0, 0.05) is 6.42 Å². The molecule has 2 heterocycles. The molecule has 1 unspecified atom stereocenters. The van der Waals surface area contributed by atoms with Crippen molar-refractivity contribution in [1.82, 2.24) is 20.0 Å². The third-order valence-corrected chi connectivity index (χ3v) is 6.49. The normalized spacial score (nSPS) is 18.7. The lowest BCUT2D eigenvalue weighted by Crippen LogP contribution is -2.56. The number of carbonyl (C=O) groups is 6. The van der Waals surface area contributed by atoms with Crippen molar-refractivity contribution in [2.24, 2.45) is 5.92 Å². The summed E-state index contributed by atoms with van der Waals surface area (Å²) in [4.78, 5) is 79.5. The first kappa shape index (κ1) is 27.0. The van der Waals surface area contributed by atoms with Gasteiger partial charge in [-0.15, -0.1) is 0 Å². The first-order chi connectivity index (χ1) is 17.1. The summed E-state index contributed by atoms with van der Waals surface area (Å²) in [6, 6.07) is 4.66. The van der Waals surface area contributed by atoms with E-state index in [-0.39, 0.29) is 35.8 Å². The van der Waals surface area contributed by atoms with Gasteiger partial charge in [-0.05, 0) is 37.6 Å². The molecule has 1 saturated heterocycles. The second-order valence-electron chi connectivity index (χ2n) is 9.01. The number of nitrogens with one attached hydrogen (secondary N) is 1. The molecule has 36 heavy (non-hydrogen) atoms. The Hall–Kier alpha value is -3.60. The number of likely N-dealkylation sites (N-methyl/N-ethyl adjacent to an activating group) is 1. The lowest BCUT2D eigenvalue weighted by atomic mass is 10.0. The highest BCUT2D eigenvalue weighted by Crippen LogP contribution is 2.29. The van der Waals surface area contributed by atoms with Crippen molar-refractivity contribution in [1.29, 1.82) is 0 Å². The zero-order chi connectivity index (χ0) is 26.6. The van der Waals surface area contributed by atoms with E-state index in [4.69, 9.17) is 4.74 Å². The Morgan fingerprint density at radius 2 is 1.64 bits per heavy atom. The van der Waals surface area contributed by atoms with Crippen LogP contribution in [-0.4, -0.2) is 88.7 Å². The summed E-state index contributed by atoms with van der Waals surface area (Å²) in [5.41, 5.74) is 0.399. The quantitative estimate of drug-likeness (QED) is 0.368. The highest BCUT2D eigenvalue weighted by Gasteiger charge is 2.47. The van der Waals surface area contributed by atoms with E-state index >= 15 is 0 Å². The zero-order valence-electron chi connectivity index (χ0n) is 21.0. The van der Waals surface area contributed by atoms with Gasteiger partial charge in [-0.25, -0.2) is 4.90 Å². The van der Waals surface area contributed by atoms with Crippen molar-refractivity contribution in [2.45, 2.75) is 52.6 Å². The van der Waals surface area contributed by atoms with Crippen LogP contribution in [0.1, 0.15) is 61.3 Å². The van der Waals surface area contributed by atoms with Crippen LogP contribution in [0.15, 0.2) is 24.3 Å². The standard InChI is InChI=1S/C25H32N4O7/c1-5-27(6-2)21(15(3)4)22(32)26-13-20(31)36-14-28-19(30)12-11-18(25(28)35)29-23(33)16-9-7-8-10-17(16)24(29)34/h7-10,15,18,21H,5-6,11-14H2,1-4H3,(H,26,32)/t18-,21?/m0/s1. The number of amides is 5. The summed E-state index contributed by atoms with van der Waals surface area (Å²) in [5, 5.41) is 2.56. The van der Waals surface area contributed by atoms with Crippen LogP contribution >= 0.6 is 0 Å². The Labute approximate surface area is 209 Å². The number of esters is 1. The van der Waals surface area contributed by atoms with Gasteiger partial charge in [0.1, 0.15) is 12.6 Å². The topological polar surface area (TPSA) is 133 Å². The molecule has 3 rings (SSSR count). The number of hydrogen-bond acceptors (Lipinski definition) is 8. The maximum atomic E-state index is 13.0. The zero-order valence-corrected chi connectivity index (χ0v) is 21.0. The number of likely N-dealkylation sites (tertiary alicyclic amines) is 1. The fraction of sp³-hybridized carbons (Fsp3) is 0.520. The minimum Gasteiger partial charge on any atom is -0.442 e. The van der Waals surface area contributed by atoms with Gasteiger partial charge in [-0.2, -0.15) is 0 Å². The van der Waals surface area contributed by atoms with Crippen LogP contribution < -0.4 is 5.32 Å². The summed E-state index contributed by atoms with van der Waals surface area (Å²) >= 11 is 0. The van der Waals surface area contributed by atoms with Crippen molar-refractivity contribution in [2.75, 3.05) is 26.4 Å². The summed E-state index contributed by atoms with van der Waals surface area (Å²) in [7, 11) is 0. The summed E-state index contributed by atoms with van der Waals surface area (Å²) in [6.07, 6.45) is -0.108. The van der Waals surface area contributed by atoms with E-state index in [1.165, 1.54) is 12.1 Å². The van der Waals surface area contributed by atoms with Crippen LogP contribution in [0.2, 0.25) is 0 Å². The number of carbonyl (C=O) groups excluding carboxylic acids is 6. The first-order valence-electron chi connectivity index (χ1n) is 12.1. The van der Waals surface area contributed by atoms with Gasteiger partial charge in [-0.3, -0.25) is 38.6 Å². The Kier molecular flexibility index (Phi) is 8.57. The molecule has 194 valence electrons. The van der Waals surface area contributed by atoms with Crippen molar-refractivity contribution < 1.29 is 33.5 Å². The van der Waals surface area contributed by atoms with Crippen molar-refractivity contribution >= 4 is 35.5 Å². The van der Waals surface area contributed by atoms with Crippen molar-refractivity contribution in [3.05, 3.63) is 35.4 Å². The van der Waals surface area contributed by atoms with E-state index in [0.29, 0.717) is 13.1 Å². The predicted octanol–water partition coefficient (Wildman–Crippen LogP) is 0.784. The molecule has 11 heteroatoms. The largest absolute Gasteiger partial charge is 0.442 e. The maximum Gasteiger partial charge on any atom is 0.327 e. The number of benzene rings is 1. The highest BCUT2D eigenvalue weighted by atomic mass is 16.5. The molecule has 1 N–H and O–H groups in total. The molecule has 1 aromatic carbocycles. The number of imide groups is 2. The lowest BCUT2D eigenvalue weighted by Gasteiger charge is -2.34. The van der Waals surface area contributed by atoms with Crippen LogP contribution in [0.5, 0.6) is 0 Å². The number of piperidine rings is 1.